The zero-order valence-corrected chi connectivity index (χ0v) is 23.9. The minimum absolute atomic E-state index is 0.436. The second-order valence-electron chi connectivity index (χ2n) is 11.3. The van der Waals surface area contributed by atoms with E-state index in [1.807, 2.05) is 18.0 Å². The molecule has 0 aromatic carbocycles. The lowest BCUT2D eigenvalue weighted by molar-refractivity contribution is 0.728. The Hall–Kier alpha value is -2.20. The number of hydrogen-bond acceptors (Lipinski definition) is 2. The van der Waals surface area contributed by atoms with Gasteiger partial charge in [0.2, 0.25) is 0 Å². The van der Waals surface area contributed by atoms with Crippen LogP contribution in [0.25, 0.3) is 11.0 Å². The number of aromatic nitrogens is 3. The first-order chi connectivity index (χ1) is 16.6. The van der Waals surface area contributed by atoms with Crippen molar-refractivity contribution in [2.24, 2.45) is 0 Å². The number of thioether (sulfide) groups is 1. The monoisotopic (exact) mass is 489 g/mol. The van der Waals surface area contributed by atoms with Crippen LogP contribution in [0.5, 0.6) is 0 Å². The molecule has 3 nitrogen and oxygen atoms in total. The molecule has 0 bridgehead atoms. The molecular weight excluding hydrogens is 446 g/mol. The minimum Gasteiger partial charge on any atom is -0.320 e. The molecule has 188 valence electrons. The molecule has 4 rings (SSSR count). The summed E-state index contributed by atoms with van der Waals surface area (Å²) in [5, 5.41) is 4.73. The number of rotatable bonds is 9. The molecular formula is C31H43N3S. The highest BCUT2D eigenvalue weighted by molar-refractivity contribution is 7.99. The van der Waals surface area contributed by atoms with Gasteiger partial charge in [0.25, 0.3) is 0 Å². The zero-order chi connectivity index (χ0) is 25.4. The van der Waals surface area contributed by atoms with Crippen molar-refractivity contribution in [2.45, 2.75) is 103 Å². The molecule has 0 saturated heterocycles. The largest absolute Gasteiger partial charge is 0.320 e. The summed E-state index contributed by atoms with van der Waals surface area (Å²) in [5.74, 6) is 3.58. The van der Waals surface area contributed by atoms with E-state index in [4.69, 9.17) is 5.10 Å². The summed E-state index contributed by atoms with van der Waals surface area (Å²) in [6.07, 6.45) is 5.36. The van der Waals surface area contributed by atoms with Gasteiger partial charge in [0.15, 0.2) is 0 Å². The maximum atomic E-state index is 4.73. The van der Waals surface area contributed by atoms with Crippen LogP contribution < -0.4 is 0 Å². The van der Waals surface area contributed by atoms with E-state index in [1.54, 1.807) is 0 Å². The maximum absolute atomic E-state index is 4.73. The van der Waals surface area contributed by atoms with Gasteiger partial charge in [0.05, 0.1) is 11.2 Å². The van der Waals surface area contributed by atoms with Gasteiger partial charge >= 0.3 is 0 Å². The highest BCUT2D eigenvalue weighted by Crippen LogP contribution is 2.37. The van der Waals surface area contributed by atoms with Crippen LogP contribution in [-0.2, 0) is 0 Å². The van der Waals surface area contributed by atoms with E-state index in [9.17, 15) is 0 Å². The summed E-state index contributed by atoms with van der Waals surface area (Å²) in [4.78, 5) is 1.39. The van der Waals surface area contributed by atoms with Gasteiger partial charge in [-0.3, -0.25) is 0 Å². The highest BCUT2D eigenvalue weighted by atomic mass is 32.2. The lowest BCUT2D eigenvalue weighted by Crippen LogP contribution is -2.03. The fourth-order valence-corrected chi connectivity index (χ4v) is 6.83. The molecule has 0 aliphatic heterocycles. The summed E-state index contributed by atoms with van der Waals surface area (Å²) >= 11 is 2.00. The standard InChI is InChI=1S/C31H43N3S/c1-19(2)24-12-14-32-34-28(24)18-29(31(34)22(7)8)35-16-13-23(9)25-11-10-15-33-27(25)17-26(20(3)4)30(33)21(5)6/h10-12,14-15,17-23H,13,16H2,1-9H3. The van der Waals surface area contributed by atoms with Gasteiger partial charge in [-0.05, 0) is 82.7 Å². The number of pyridine rings is 1. The number of nitrogens with zero attached hydrogens (tertiary/aromatic N) is 3. The summed E-state index contributed by atoms with van der Waals surface area (Å²) < 4.78 is 4.64. The zero-order valence-electron chi connectivity index (χ0n) is 23.1. The van der Waals surface area contributed by atoms with Gasteiger partial charge in [0, 0.05) is 28.5 Å². The van der Waals surface area contributed by atoms with Crippen molar-refractivity contribution in [3.63, 3.8) is 0 Å². The van der Waals surface area contributed by atoms with Crippen LogP contribution in [0.3, 0.4) is 0 Å². The van der Waals surface area contributed by atoms with E-state index in [-0.39, 0.29) is 0 Å². The highest BCUT2D eigenvalue weighted by Gasteiger charge is 2.21. The van der Waals surface area contributed by atoms with E-state index >= 15 is 0 Å². The van der Waals surface area contributed by atoms with Crippen molar-refractivity contribution in [3.05, 3.63) is 70.8 Å². The molecule has 4 heterocycles. The molecule has 0 N–H and O–H groups in total. The average molecular weight is 490 g/mol. The predicted octanol–water partition coefficient (Wildman–Crippen LogP) is 9.37. The second kappa shape index (κ2) is 10.4. The third kappa shape index (κ3) is 4.91. The van der Waals surface area contributed by atoms with Crippen LogP contribution in [-0.4, -0.2) is 19.8 Å². The summed E-state index contributed by atoms with van der Waals surface area (Å²) in [6, 6.07) is 11.6. The smallest absolute Gasteiger partial charge is 0.0696 e. The SMILES string of the molecule is CC(C)c1cc2c(C(C)CCSc3cc4c(C(C)C)ccnn4c3C(C)C)cccn2c1C(C)C. The molecule has 0 aliphatic carbocycles. The molecule has 0 spiro atoms. The molecule has 0 saturated carbocycles. The molecule has 0 radical (unpaired) electrons. The van der Waals surface area contributed by atoms with Crippen molar-refractivity contribution in [1.82, 2.24) is 14.0 Å². The van der Waals surface area contributed by atoms with Gasteiger partial charge in [0.1, 0.15) is 0 Å². The Morgan fingerprint density at radius 1 is 0.743 bits per heavy atom. The predicted molar refractivity (Wildman–Crippen MR) is 153 cm³/mol. The molecule has 1 atom stereocenters. The van der Waals surface area contributed by atoms with Gasteiger partial charge in [-0.15, -0.1) is 11.8 Å². The normalized spacial score (nSPS) is 13.4. The number of fused-ring (bicyclic) bond motifs is 2. The third-order valence-corrected chi connectivity index (χ3v) is 8.38. The molecule has 1 unspecified atom stereocenters. The second-order valence-corrected chi connectivity index (χ2v) is 12.5. The van der Waals surface area contributed by atoms with Crippen molar-refractivity contribution < 1.29 is 0 Å². The first-order valence-electron chi connectivity index (χ1n) is 13.4. The third-order valence-electron chi connectivity index (χ3n) is 7.30. The first-order valence-corrected chi connectivity index (χ1v) is 14.4. The molecule has 4 aromatic rings. The van der Waals surface area contributed by atoms with Crippen LogP contribution in [0.1, 0.15) is 126 Å². The first kappa shape index (κ1) is 25.9. The van der Waals surface area contributed by atoms with Crippen LogP contribution >= 0.6 is 11.8 Å². The Kier molecular flexibility index (Phi) is 7.71. The van der Waals surface area contributed by atoms with Crippen LogP contribution in [0.4, 0.5) is 0 Å². The van der Waals surface area contributed by atoms with Crippen LogP contribution in [0, 0.1) is 0 Å². The van der Waals surface area contributed by atoms with Crippen molar-refractivity contribution in [3.8, 4) is 0 Å². The molecule has 4 aromatic heterocycles. The topological polar surface area (TPSA) is 21.7 Å². The van der Waals surface area contributed by atoms with Gasteiger partial charge < -0.3 is 4.40 Å². The average Bonchev–Trinajstić information content (AvgIpc) is 3.37. The Morgan fingerprint density at radius 3 is 2.06 bits per heavy atom. The Bertz CT molecular complexity index is 1310. The maximum Gasteiger partial charge on any atom is 0.0696 e. The summed E-state index contributed by atoms with van der Waals surface area (Å²) in [7, 11) is 0. The molecule has 0 amide bonds. The lowest BCUT2D eigenvalue weighted by atomic mass is 9.96. The lowest BCUT2D eigenvalue weighted by Gasteiger charge is -2.16. The van der Waals surface area contributed by atoms with E-state index in [2.05, 4.69) is 108 Å². The van der Waals surface area contributed by atoms with E-state index < -0.39 is 0 Å². The summed E-state index contributed by atoms with van der Waals surface area (Å²) in [5.41, 5.74) is 9.80. The van der Waals surface area contributed by atoms with Crippen molar-refractivity contribution in [2.75, 3.05) is 5.75 Å². The fourth-order valence-electron chi connectivity index (χ4n) is 5.47. The Balaban J connectivity index is 1.59. The van der Waals surface area contributed by atoms with Gasteiger partial charge in [-0.2, -0.15) is 5.10 Å². The molecule has 35 heavy (non-hydrogen) atoms. The molecule has 4 heteroatoms. The van der Waals surface area contributed by atoms with E-state index in [0.717, 1.165) is 12.2 Å². The number of hydrogen-bond donors (Lipinski definition) is 0. The Labute approximate surface area is 216 Å². The van der Waals surface area contributed by atoms with Crippen LogP contribution in [0.2, 0.25) is 0 Å². The van der Waals surface area contributed by atoms with E-state index in [0.29, 0.717) is 29.6 Å². The molecule has 0 fully saturated rings. The van der Waals surface area contributed by atoms with Gasteiger partial charge in [-0.1, -0.05) is 68.4 Å². The van der Waals surface area contributed by atoms with Crippen molar-refractivity contribution >= 4 is 22.8 Å². The summed E-state index contributed by atoms with van der Waals surface area (Å²) in [6.45, 7) is 20.7. The van der Waals surface area contributed by atoms with E-state index in [1.165, 1.54) is 44.0 Å². The minimum atomic E-state index is 0.436. The molecule has 0 aliphatic rings. The quantitative estimate of drug-likeness (QED) is 0.218. The Morgan fingerprint density at radius 2 is 1.43 bits per heavy atom. The van der Waals surface area contributed by atoms with Crippen LogP contribution in [0.15, 0.2) is 47.6 Å². The fraction of sp³-hybridized carbons (Fsp3) is 0.516. The van der Waals surface area contributed by atoms with Crippen molar-refractivity contribution in [1.29, 1.82) is 0 Å². The van der Waals surface area contributed by atoms with Gasteiger partial charge in [-0.25, -0.2) is 4.52 Å².